The van der Waals surface area contributed by atoms with E-state index in [0.717, 1.165) is 22.3 Å². The summed E-state index contributed by atoms with van der Waals surface area (Å²) in [5.74, 6) is 0.751. The van der Waals surface area contributed by atoms with Crippen LogP contribution >= 0.6 is 0 Å². The number of para-hydroxylation sites is 1. The van der Waals surface area contributed by atoms with Crippen molar-refractivity contribution < 1.29 is 5.21 Å². The molecule has 0 amide bonds. The number of rotatable bonds is 1. The molecule has 0 fully saturated rings. The van der Waals surface area contributed by atoms with E-state index >= 15 is 0 Å². The third-order valence-corrected chi connectivity index (χ3v) is 2.34. The number of aromatic nitrogens is 1. The van der Waals surface area contributed by atoms with Crippen LogP contribution in [0.15, 0.2) is 24.3 Å². The van der Waals surface area contributed by atoms with Gasteiger partial charge in [-0.3, -0.25) is 0 Å². The zero-order chi connectivity index (χ0) is 9.42. The van der Waals surface area contributed by atoms with Crippen molar-refractivity contribution in [3.63, 3.8) is 0 Å². The van der Waals surface area contributed by atoms with Crippen molar-refractivity contribution in [1.82, 2.24) is 4.73 Å². The Bertz CT molecular complexity index is 406. The highest BCUT2D eigenvalue weighted by atomic mass is 16.5. The molecular weight excluding hydrogens is 164 g/mol. The Hall–Kier alpha value is -1.64. The average Bonchev–Trinajstić information content (AvgIpc) is 2.41. The monoisotopic (exact) mass is 176 g/mol. The topological polar surface area (TPSA) is 37.2 Å². The molecule has 0 radical (unpaired) electrons. The van der Waals surface area contributed by atoms with Gasteiger partial charge in [-0.05, 0) is 13.0 Å². The third kappa shape index (κ3) is 0.967. The number of aryl methyl sites for hydroxylation is 1. The van der Waals surface area contributed by atoms with Gasteiger partial charge in [0.05, 0.1) is 5.52 Å². The van der Waals surface area contributed by atoms with Crippen LogP contribution in [0.1, 0.15) is 5.56 Å². The van der Waals surface area contributed by atoms with Crippen LogP contribution in [0.3, 0.4) is 0 Å². The summed E-state index contributed by atoms with van der Waals surface area (Å²) in [7, 11) is 1.80. The summed E-state index contributed by atoms with van der Waals surface area (Å²) in [6.07, 6.45) is 0. The molecule has 2 N–H and O–H groups in total. The average molecular weight is 176 g/mol. The maximum Gasteiger partial charge on any atom is 0.146 e. The molecule has 0 saturated carbocycles. The number of benzene rings is 1. The van der Waals surface area contributed by atoms with E-state index in [0.29, 0.717) is 0 Å². The molecule has 0 aliphatic rings. The SMILES string of the molecule is CNc1c(C)c2ccccc2n1O. The largest absolute Gasteiger partial charge is 0.426 e. The second kappa shape index (κ2) is 2.69. The Morgan fingerprint density at radius 1 is 1.31 bits per heavy atom. The molecule has 0 aliphatic heterocycles. The van der Waals surface area contributed by atoms with Crippen molar-refractivity contribution in [3.05, 3.63) is 29.8 Å². The first-order valence-corrected chi connectivity index (χ1v) is 4.22. The van der Waals surface area contributed by atoms with E-state index in [-0.39, 0.29) is 0 Å². The Labute approximate surface area is 76.6 Å². The summed E-state index contributed by atoms with van der Waals surface area (Å²) >= 11 is 0. The van der Waals surface area contributed by atoms with Gasteiger partial charge in [0.25, 0.3) is 0 Å². The second-order valence-corrected chi connectivity index (χ2v) is 3.05. The van der Waals surface area contributed by atoms with Crippen molar-refractivity contribution in [2.45, 2.75) is 6.92 Å². The van der Waals surface area contributed by atoms with Gasteiger partial charge >= 0.3 is 0 Å². The first kappa shape index (κ1) is 7.98. The zero-order valence-electron chi connectivity index (χ0n) is 7.70. The lowest BCUT2D eigenvalue weighted by molar-refractivity contribution is 0.205. The maximum absolute atomic E-state index is 9.72. The molecule has 0 saturated heterocycles. The van der Waals surface area contributed by atoms with E-state index < -0.39 is 0 Å². The van der Waals surface area contributed by atoms with Crippen LogP contribution in [-0.2, 0) is 0 Å². The van der Waals surface area contributed by atoms with Crippen LogP contribution in [-0.4, -0.2) is 17.0 Å². The standard InChI is InChI=1S/C10H12N2O/c1-7-8-5-3-4-6-9(8)12(13)10(7)11-2/h3-6,11,13H,1-2H3. The molecule has 13 heavy (non-hydrogen) atoms. The quantitative estimate of drug-likeness (QED) is 0.654. The van der Waals surface area contributed by atoms with Gasteiger partial charge in [-0.15, -0.1) is 0 Å². The highest BCUT2D eigenvalue weighted by molar-refractivity contribution is 5.88. The molecule has 0 bridgehead atoms. The number of anilines is 1. The molecule has 0 atom stereocenters. The number of fused-ring (bicyclic) bond motifs is 1. The fraction of sp³-hybridized carbons (Fsp3) is 0.200. The number of nitrogens with one attached hydrogen (secondary N) is 1. The van der Waals surface area contributed by atoms with Crippen molar-refractivity contribution in [2.24, 2.45) is 0 Å². The fourth-order valence-corrected chi connectivity index (χ4v) is 1.68. The molecule has 3 heteroatoms. The predicted molar refractivity (Wildman–Crippen MR) is 53.4 cm³/mol. The molecule has 0 aliphatic carbocycles. The normalized spacial score (nSPS) is 10.6. The summed E-state index contributed by atoms with van der Waals surface area (Å²) in [4.78, 5) is 0. The molecule has 68 valence electrons. The molecule has 1 aromatic carbocycles. The lowest BCUT2D eigenvalue weighted by Crippen LogP contribution is -1.98. The van der Waals surface area contributed by atoms with Gasteiger partial charge in [0.1, 0.15) is 5.82 Å². The van der Waals surface area contributed by atoms with E-state index in [1.165, 1.54) is 4.73 Å². The minimum Gasteiger partial charge on any atom is -0.426 e. The first-order chi connectivity index (χ1) is 6.25. The van der Waals surface area contributed by atoms with Crippen molar-refractivity contribution in [1.29, 1.82) is 0 Å². The van der Waals surface area contributed by atoms with Crippen LogP contribution in [0.25, 0.3) is 10.9 Å². The van der Waals surface area contributed by atoms with E-state index in [1.807, 2.05) is 31.2 Å². The third-order valence-electron chi connectivity index (χ3n) is 2.34. The molecule has 2 aromatic rings. The summed E-state index contributed by atoms with van der Waals surface area (Å²) < 4.78 is 1.19. The number of hydrogen-bond acceptors (Lipinski definition) is 2. The van der Waals surface area contributed by atoms with Gasteiger partial charge in [0.2, 0.25) is 0 Å². The Kier molecular flexibility index (Phi) is 1.65. The summed E-state index contributed by atoms with van der Waals surface area (Å²) in [5.41, 5.74) is 1.91. The van der Waals surface area contributed by atoms with Crippen molar-refractivity contribution >= 4 is 16.7 Å². The summed E-state index contributed by atoms with van der Waals surface area (Å²) in [5, 5.41) is 13.8. The fourth-order valence-electron chi connectivity index (χ4n) is 1.68. The van der Waals surface area contributed by atoms with Gasteiger partial charge in [-0.25, -0.2) is 0 Å². The molecular formula is C10H12N2O. The van der Waals surface area contributed by atoms with Crippen LogP contribution in [0.5, 0.6) is 0 Å². The lowest BCUT2D eigenvalue weighted by atomic mass is 10.2. The second-order valence-electron chi connectivity index (χ2n) is 3.05. The van der Waals surface area contributed by atoms with Crippen molar-refractivity contribution in [2.75, 3.05) is 12.4 Å². The van der Waals surface area contributed by atoms with E-state index in [4.69, 9.17) is 0 Å². The highest BCUT2D eigenvalue weighted by Gasteiger charge is 2.10. The lowest BCUT2D eigenvalue weighted by Gasteiger charge is -2.01. The Morgan fingerprint density at radius 3 is 2.62 bits per heavy atom. The summed E-state index contributed by atoms with van der Waals surface area (Å²) in [6, 6.07) is 7.77. The Morgan fingerprint density at radius 2 is 2.00 bits per heavy atom. The first-order valence-electron chi connectivity index (χ1n) is 4.22. The number of nitrogens with zero attached hydrogens (tertiary/aromatic N) is 1. The van der Waals surface area contributed by atoms with E-state index in [1.54, 1.807) is 7.05 Å². The highest BCUT2D eigenvalue weighted by Crippen LogP contribution is 2.27. The van der Waals surface area contributed by atoms with Crippen LogP contribution in [0.2, 0.25) is 0 Å². The Balaban J connectivity index is 2.88. The minimum absolute atomic E-state index is 0.751. The number of hydrogen-bond donors (Lipinski definition) is 2. The molecule has 1 heterocycles. The van der Waals surface area contributed by atoms with Gasteiger partial charge in [-0.2, -0.15) is 4.73 Å². The van der Waals surface area contributed by atoms with Crippen molar-refractivity contribution in [3.8, 4) is 0 Å². The molecule has 0 unspecified atom stereocenters. The predicted octanol–water partition coefficient (Wildman–Crippen LogP) is 2.23. The van der Waals surface area contributed by atoms with Gasteiger partial charge in [-0.1, -0.05) is 18.2 Å². The van der Waals surface area contributed by atoms with Crippen LogP contribution in [0, 0.1) is 6.92 Å². The van der Waals surface area contributed by atoms with Crippen LogP contribution < -0.4 is 5.32 Å². The molecule has 2 rings (SSSR count). The molecule has 3 nitrogen and oxygen atoms in total. The molecule has 0 spiro atoms. The van der Waals surface area contributed by atoms with Gasteiger partial charge in [0, 0.05) is 18.0 Å². The van der Waals surface area contributed by atoms with Gasteiger partial charge in [0.15, 0.2) is 0 Å². The molecule has 1 aromatic heterocycles. The van der Waals surface area contributed by atoms with Crippen LogP contribution in [0.4, 0.5) is 5.82 Å². The zero-order valence-corrected chi connectivity index (χ0v) is 7.70. The summed E-state index contributed by atoms with van der Waals surface area (Å²) in [6.45, 7) is 1.99. The van der Waals surface area contributed by atoms with E-state index in [9.17, 15) is 5.21 Å². The van der Waals surface area contributed by atoms with Gasteiger partial charge < -0.3 is 10.5 Å². The smallest absolute Gasteiger partial charge is 0.146 e. The minimum atomic E-state index is 0.751. The van der Waals surface area contributed by atoms with E-state index in [2.05, 4.69) is 5.32 Å². The maximum atomic E-state index is 9.72.